The van der Waals surface area contributed by atoms with Gasteiger partial charge in [-0.05, 0) is 43.0 Å². The van der Waals surface area contributed by atoms with Crippen molar-refractivity contribution in [1.82, 2.24) is 19.8 Å². The number of hydrogen-bond donors (Lipinski definition) is 5. The van der Waals surface area contributed by atoms with E-state index in [9.17, 15) is 14.7 Å². The maximum atomic E-state index is 13.5. The molecule has 2 heterocycles. The Kier molecular flexibility index (Phi) is 8.02. The number of aromatic nitrogens is 2. The molecule has 1 fully saturated rings. The van der Waals surface area contributed by atoms with Crippen LogP contribution in [0.3, 0.4) is 0 Å². The highest BCUT2D eigenvalue weighted by atomic mass is 35.5. The second kappa shape index (κ2) is 10.7. The lowest BCUT2D eigenvalue weighted by Gasteiger charge is -2.33. The van der Waals surface area contributed by atoms with Crippen molar-refractivity contribution in [2.24, 2.45) is 18.5 Å². The van der Waals surface area contributed by atoms with E-state index in [-0.39, 0.29) is 30.7 Å². The number of fused-ring (bicyclic) bond motifs is 1. The van der Waals surface area contributed by atoms with Crippen LogP contribution in [0.1, 0.15) is 48.3 Å². The number of nitrogens with zero attached hydrogens (tertiary/aromatic N) is 3. The highest BCUT2D eigenvalue weighted by Gasteiger charge is 2.39. The van der Waals surface area contributed by atoms with Gasteiger partial charge in [-0.15, -0.1) is 12.4 Å². The summed E-state index contributed by atoms with van der Waals surface area (Å²) >= 11 is 0. The molecule has 4 rings (SSSR count). The smallest absolute Gasteiger partial charge is 0.317 e. The van der Waals surface area contributed by atoms with Crippen LogP contribution in [0.2, 0.25) is 0 Å². The number of imidazole rings is 1. The average Bonchev–Trinajstić information content (AvgIpc) is 3.50. The lowest BCUT2D eigenvalue weighted by molar-refractivity contribution is -0.139. The molecular weight excluding hydrogens is 482 g/mol. The van der Waals surface area contributed by atoms with Gasteiger partial charge in [0.25, 0.3) is 0 Å². The Morgan fingerprint density at radius 3 is 2.42 bits per heavy atom. The summed E-state index contributed by atoms with van der Waals surface area (Å²) in [6.07, 6.45) is 1.88. The summed E-state index contributed by atoms with van der Waals surface area (Å²) in [5.74, 6) is -0.551. The van der Waals surface area contributed by atoms with Crippen LogP contribution in [-0.4, -0.2) is 56.9 Å². The molecule has 0 radical (unpaired) electrons. The van der Waals surface area contributed by atoms with Gasteiger partial charge in [0.2, 0.25) is 5.91 Å². The standard InChI is InChI=1S/C25H31N7O3.ClH/c1-25(29-14-20(33)34,24(35)32-11-3-4-12-32)17-9-10-19-18(13-17)30-23(31(19)2)21(26)15-5-7-16(8-6-15)22(27)28;/h5-10,13,21,29H,3-4,11-12,14,26H2,1-2H3,(H3,27,28)(H,33,34);1H. The van der Waals surface area contributed by atoms with E-state index in [0.717, 1.165) is 23.9 Å². The number of carbonyl (C=O) groups is 2. The molecule has 0 saturated carbocycles. The van der Waals surface area contributed by atoms with Gasteiger partial charge in [0.05, 0.1) is 23.6 Å². The number of halogens is 1. The van der Waals surface area contributed by atoms with E-state index in [1.165, 1.54) is 0 Å². The Balaban J connectivity index is 0.00000361. The first-order valence-corrected chi connectivity index (χ1v) is 11.5. The summed E-state index contributed by atoms with van der Waals surface area (Å²) in [5, 5.41) is 19.8. The van der Waals surface area contributed by atoms with E-state index in [4.69, 9.17) is 21.9 Å². The SMILES string of the molecule is Cl.Cn1c(C(N)c2ccc(C(=N)N)cc2)nc2cc(C(C)(NCC(=O)O)C(=O)N3CCCC3)ccc21. The summed E-state index contributed by atoms with van der Waals surface area (Å²) in [6.45, 7) is 2.71. The third-order valence-corrected chi connectivity index (χ3v) is 6.77. The number of nitrogen functional groups attached to an aromatic ring is 1. The molecule has 192 valence electrons. The number of likely N-dealkylation sites (tertiary alicyclic amines) is 1. The molecule has 2 atom stereocenters. The zero-order chi connectivity index (χ0) is 25.3. The minimum Gasteiger partial charge on any atom is -0.480 e. The van der Waals surface area contributed by atoms with Crippen molar-refractivity contribution in [3.63, 3.8) is 0 Å². The predicted octanol–water partition coefficient (Wildman–Crippen LogP) is 1.84. The number of rotatable bonds is 8. The fourth-order valence-electron chi connectivity index (χ4n) is 4.62. The van der Waals surface area contributed by atoms with Gasteiger partial charge in [0.15, 0.2) is 0 Å². The number of carboxylic acids is 1. The fraction of sp³-hybridized carbons (Fsp3) is 0.360. The summed E-state index contributed by atoms with van der Waals surface area (Å²) in [6, 6.07) is 12.2. The van der Waals surface area contributed by atoms with Crippen LogP contribution in [-0.2, 0) is 22.2 Å². The molecule has 36 heavy (non-hydrogen) atoms. The van der Waals surface area contributed by atoms with E-state index >= 15 is 0 Å². The van der Waals surface area contributed by atoms with Gasteiger partial charge < -0.3 is 26.0 Å². The number of amidine groups is 1. The predicted molar refractivity (Wildman–Crippen MR) is 140 cm³/mol. The number of amides is 1. The van der Waals surface area contributed by atoms with Crippen molar-refractivity contribution in [1.29, 1.82) is 5.41 Å². The Hall–Kier alpha value is -3.47. The van der Waals surface area contributed by atoms with E-state index < -0.39 is 17.6 Å². The number of nitrogens with one attached hydrogen (secondary N) is 2. The number of nitrogens with two attached hydrogens (primary N) is 2. The summed E-state index contributed by atoms with van der Waals surface area (Å²) in [7, 11) is 1.88. The third kappa shape index (κ3) is 5.06. The minimum absolute atomic E-state index is 0. The van der Waals surface area contributed by atoms with Gasteiger partial charge in [-0.25, -0.2) is 4.98 Å². The Bertz CT molecular complexity index is 1280. The molecule has 0 spiro atoms. The van der Waals surface area contributed by atoms with Crippen LogP contribution < -0.4 is 16.8 Å². The number of hydrogen-bond acceptors (Lipinski definition) is 6. The average molecular weight is 514 g/mol. The van der Waals surface area contributed by atoms with Crippen molar-refractivity contribution in [3.05, 3.63) is 65.0 Å². The van der Waals surface area contributed by atoms with E-state index in [2.05, 4.69) is 5.32 Å². The van der Waals surface area contributed by atoms with Crippen LogP contribution in [0.15, 0.2) is 42.5 Å². The van der Waals surface area contributed by atoms with Gasteiger partial charge in [0, 0.05) is 25.7 Å². The fourth-order valence-corrected chi connectivity index (χ4v) is 4.62. The molecule has 1 aliphatic heterocycles. The Morgan fingerprint density at radius 1 is 1.19 bits per heavy atom. The molecule has 7 N–H and O–H groups in total. The molecule has 2 unspecified atom stereocenters. The van der Waals surface area contributed by atoms with Crippen LogP contribution >= 0.6 is 12.4 Å². The van der Waals surface area contributed by atoms with Crippen LogP contribution in [0.5, 0.6) is 0 Å². The molecule has 3 aromatic rings. The van der Waals surface area contributed by atoms with Crippen molar-refractivity contribution < 1.29 is 14.7 Å². The summed E-state index contributed by atoms with van der Waals surface area (Å²) in [4.78, 5) is 31.3. The molecule has 0 bridgehead atoms. The Labute approximate surface area is 215 Å². The molecular formula is C25H32ClN7O3. The number of carbonyl (C=O) groups excluding carboxylic acids is 1. The summed E-state index contributed by atoms with van der Waals surface area (Å²) < 4.78 is 1.91. The van der Waals surface area contributed by atoms with E-state index in [0.29, 0.717) is 35.6 Å². The first kappa shape index (κ1) is 27.1. The highest BCUT2D eigenvalue weighted by molar-refractivity contribution is 5.95. The highest BCUT2D eigenvalue weighted by Crippen LogP contribution is 2.30. The lowest BCUT2D eigenvalue weighted by Crippen LogP contribution is -2.54. The maximum absolute atomic E-state index is 13.5. The lowest BCUT2D eigenvalue weighted by atomic mass is 9.89. The van der Waals surface area contributed by atoms with Crippen molar-refractivity contribution in [2.45, 2.75) is 31.3 Å². The molecule has 0 aliphatic carbocycles. The van der Waals surface area contributed by atoms with Gasteiger partial charge >= 0.3 is 5.97 Å². The summed E-state index contributed by atoms with van der Waals surface area (Å²) in [5.41, 5.74) is 14.5. The van der Waals surface area contributed by atoms with Crippen molar-refractivity contribution in [2.75, 3.05) is 19.6 Å². The van der Waals surface area contributed by atoms with Crippen molar-refractivity contribution in [3.8, 4) is 0 Å². The quantitative estimate of drug-likeness (QED) is 0.226. The molecule has 1 saturated heterocycles. The van der Waals surface area contributed by atoms with Gasteiger partial charge in [0.1, 0.15) is 17.2 Å². The molecule has 10 nitrogen and oxygen atoms in total. The largest absolute Gasteiger partial charge is 0.480 e. The zero-order valence-corrected chi connectivity index (χ0v) is 21.1. The second-order valence-electron chi connectivity index (χ2n) is 9.12. The number of aryl methyl sites for hydroxylation is 1. The van der Waals surface area contributed by atoms with Gasteiger partial charge in [-0.1, -0.05) is 30.3 Å². The van der Waals surface area contributed by atoms with Crippen LogP contribution in [0.4, 0.5) is 0 Å². The van der Waals surface area contributed by atoms with Crippen LogP contribution in [0, 0.1) is 5.41 Å². The van der Waals surface area contributed by atoms with Gasteiger partial charge in [-0.2, -0.15) is 0 Å². The number of carboxylic acid groups (broad SMARTS) is 1. The minimum atomic E-state index is -1.21. The van der Waals surface area contributed by atoms with E-state index in [1.54, 1.807) is 24.0 Å². The normalized spacial score (nSPS) is 15.8. The molecule has 1 aliphatic rings. The Morgan fingerprint density at radius 2 is 1.83 bits per heavy atom. The van der Waals surface area contributed by atoms with Crippen molar-refractivity contribution >= 4 is 41.2 Å². The first-order valence-electron chi connectivity index (χ1n) is 11.5. The van der Waals surface area contributed by atoms with Crippen LogP contribution in [0.25, 0.3) is 11.0 Å². The van der Waals surface area contributed by atoms with Gasteiger partial charge in [-0.3, -0.25) is 20.3 Å². The molecule has 1 amide bonds. The zero-order valence-electron chi connectivity index (χ0n) is 20.3. The topological polar surface area (TPSA) is 163 Å². The number of aliphatic carboxylic acids is 1. The van der Waals surface area contributed by atoms with E-state index in [1.807, 2.05) is 41.9 Å². The monoisotopic (exact) mass is 513 g/mol. The molecule has 1 aromatic heterocycles. The number of benzene rings is 2. The first-order chi connectivity index (χ1) is 16.6. The third-order valence-electron chi connectivity index (χ3n) is 6.77. The molecule has 11 heteroatoms. The molecule has 2 aromatic carbocycles. The maximum Gasteiger partial charge on any atom is 0.317 e. The second-order valence-corrected chi connectivity index (χ2v) is 9.12.